The summed E-state index contributed by atoms with van der Waals surface area (Å²) in [5.41, 5.74) is 1.27. The number of carbonyl (C=O) groups excluding carboxylic acids is 1. The highest BCUT2D eigenvalue weighted by Gasteiger charge is 2.27. The molecule has 0 atom stereocenters. The Bertz CT molecular complexity index is 985. The second kappa shape index (κ2) is 8.68. The average molecular weight is 432 g/mol. The number of carbonyl (C=O) groups is 1. The number of nitrogens with zero attached hydrogens (tertiary/aromatic N) is 1. The fourth-order valence-electron chi connectivity index (χ4n) is 3.31. The minimum atomic E-state index is -3.24. The summed E-state index contributed by atoms with van der Waals surface area (Å²) in [6.07, 6.45) is 2.47. The minimum Gasteiger partial charge on any atom is -0.490 e. The zero-order valence-corrected chi connectivity index (χ0v) is 18.7. The molecule has 7 heteroatoms. The number of benzene rings is 2. The van der Waals surface area contributed by atoms with Crippen LogP contribution < -0.4 is 4.74 Å². The predicted octanol–water partition coefficient (Wildman–Crippen LogP) is 4.54. The van der Waals surface area contributed by atoms with Crippen LogP contribution in [0, 0.1) is 0 Å². The van der Waals surface area contributed by atoms with Crippen molar-refractivity contribution >= 4 is 15.9 Å². The van der Waals surface area contributed by atoms with E-state index in [2.05, 4.69) is 0 Å². The lowest BCUT2D eigenvalue weighted by Crippen LogP contribution is -2.44. The first-order valence-corrected chi connectivity index (χ1v) is 12.0. The van der Waals surface area contributed by atoms with Crippen LogP contribution >= 0.6 is 0 Å². The summed E-state index contributed by atoms with van der Waals surface area (Å²) in [6.45, 7) is 6.80. The Hall–Kier alpha value is -2.54. The number of amides is 1. The number of ether oxygens (including phenoxy) is 2. The van der Waals surface area contributed by atoms with Crippen molar-refractivity contribution in [1.29, 1.82) is 0 Å². The molecule has 0 aliphatic carbocycles. The van der Waals surface area contributed by atoms with E-state index in [1.54, 1.807) is 23.1 Å². The number of rotatable bonds is 4. The molecule has 1 fully saturated rings. The third-order valence-corrected chi connectivity index (χ3v) is 5.96. The molecule has 3 rings (SSSR count). The lowest BCUT2D eigenvalue weighted by Gasteiger charge is -2.33. The molecule has 0 N–H and O–H groups in total. The Morgan fingerprint density at radius 2 is 1.63 bits per heavy atom. The van der Waals surface area contributed by atoms with Crippen LogP contribution in [0.5, 0.6) is 5.75 Å². The Morgan fingerprint density at radius 1 is 1.00 bits per heavy atom. The van der Waals surface area contributed by atoms with Crippen LogP contribution in [0.1, 0.15) is 33.6 Å². The van der Waals surface area contributed by atoms with E-state index in [4.69, 9.17) is 9.47 Å². The Balaban J connectivity index is 1.58. The largest absolute Gasteiger partial charge is 0.490 e. The summed E-state index contributed by atoms with van der Waals surface area (Å²) in [7, 11) is -3.24. The average Bonchev–Trinajstić information content (AvgIpc) is 2.67. The highest BCUT2D eigenvalue weighted by molar-refractivity contribution is 7.90. The van der Waals surface area contributed by atoms with Gasteiger partial charge in [0, 0.05) is 32.2 Å². The fourth-order valence-corrected chi connectivity index (χ4v) is 3.97. The van der Waals surface area contributed by atoms with Gasteiger partial charge in [-0.15, -0.1) is 0 Å². The van der Waals surface area contributed by atoms with Crippen molar-refractivity contribution < 1.29 is 22.7 Å². The smallest absolute Gasteiger partial charge is 0.410 e. The van der Waals surface area contributed by atoms with Gasteiger partial charge in [0.05, 0.1) is 4.90 Å². The molecule has 1 amide bonds. The molecule has 2 aromatic rings. The van der Waals surface area contributed by atoms with Crippen molar-refractivity contribution in [2.45, 2.75) is 50.2 Å². The number of piperidine rings is 1. The summed E-state index contributed by atoms with van der Waals surface area (Å²) in [5.74, 6) is 0.758. The predicted molar refractivity (Wildman–Crippen MR) is 116 cm³/mol. The summed E-state index contributed by atoms with van der Waals surface area (Å²) in [5, 5.41) is 0. The van der Waals surface area contributed by atoms with E-state index >= 15 is 0 Å². The van der Waals surface area contributed by atoms with E-state index in [1.807, 2.05) is 51.1 Å². The van der Waals surface area contributed by atoms with Gasteiger partial charge >= 0.3 is 6.09 Å². The van der Waals surface area contributed by atoms with Crippen LogP contribution in [0.4, 0.5) is 4.79 Å². The van der Waals surface area contributed by atoms with Gasteiger partial charge in [0.1, 0.15) is 17.5 Å². The highest BCUT2D eigenvalue weighted by atomic mass is 32.2. The number of likely N-dealkylation sites (tertiary alicyclic amines) is 1. The molecular formula is C23H29NO5S. The number of sulfone groups is 1. The van der Waals surface area contributed by atoms with Crippen LogP contribution in [0.25, 0.3) is 11.1 Å². The fraction of sp³-hybridized carbons (Fsp3) is 0.435. The van der Waals surface area contributed by atoms with Crippen molar-refractivity contribution in [3.8, 4) is 16.9 Å². The molecule has 0 saturated carbocycles. The van der Waals surface area contributed by atoms with E-state index in [1.165, 1.54) is 6.26 Å². The van der Waals surface area contributed by atoms with Crippen molar-refractivity contribution in [1.82, 2.24) is 4.90 Å². The van der Waals surface area contributed by atoms with Crippen LogP contribution in [0.15, 0.2) is 53.4 Å². The molecule has 6 nitrogen and oxygen atoms in total. The summed E-state index contributed by atoms with van der Waals surface area (Å²) in [4.78, 5) is 14.2. The van der Waals surface area contributed by atoms with Crippen LogP contribution in [0.2, 0.25) is 0 Å². The minimum absolute atomic E-state index is 0.0445. The van der Waals surface area contributed by atoms with E-state index in [-0.39, 0.29) is 12.2 Å². The van der Waals surface area contributed by atoms with Gasteiger partial charge in [-0.25, -0.2) is 13.2 Å². The van der Waals surface area contributed by atoms with Gasteiger partial charge < -0.3 is 14.4 Å². The maximum atomic E-state index is 12.2. The van der Waals surface area contributed by atoms with Gasteiger partial charge in [0.2, 0.25) is 0 Å². The molecule has 0 spiro atoms. The zero-order valence-electron chi connectivity index (χ0n) is 17.9. The first kappa shape index (κ1) is 22.2. The molecule has 1 saturated heterocycles. The molecule has 0 aromatic heterocycles. The molecule has 1 heterocycles. The Morgan fingerprint density at radius 3 is 2.20 bits per heavy atom. The lowest BCUT2D eigenvalue weighted by atomic mass is 10.1. The third kappa shape index (κ3) is 5.98. The van der Waals surface area contributed by atoms with E-state index in [0.717, 1.165) is 29.7 Å². The first-order chi connectivity index (χ1) is 14.0. The van der Waals surface area contributed by atoms with Gasteiger partial charge in [-0.05, 0) is 56.2 Å². The highest BCUT2D eigenvalue weighted by Crippen LogP contribution is 2.26. The van der Waals surface area contributed by atoms with Crippen molar-refractivity contribution in [2.75, 3.05) is 19.3 Å². The van der Waals surface area contributed by atoms with Gasteiger partial charge in [0.25, 0.3) is 0 Å². The van der Waals surface area contributed by atoms with Gasteiger partial charge in [0.15, 0.2) is 9.84 Å². The topological polar surface area (TPSA) is 72.9 Å². The Kier molecular flexibility index (Phi) is 6.41. The second-order valence-corrected chi connectivity index (χ2v) is 10.6. The molecule has 1 aliphatic heterocycles. The standard InChI is InChI=1S/C23H29NO5S/c1-23(2,3)29-22(25)24-14-12-20(13-15-24)28-19-10-8-17(9-11-19)18-6-5-7-21(16-18)30(4,26)27/h5-11,16,20H,12-15H2,1-4H3. The van der Waals surface area contributed by atoms with Crippen molar-refractivity contribution in [3.05, 3.63) is 48.5 Å². The molecule has 162 valence electrons. The lowest BCUT2D eigenvalue weighted by molar-refractivity contribution is 0.0126. The maximum Gasteiger partial charge on any atom is 0.410 e. The molecule has 0 radical (unpaired) electrons. The third-order valence-electron chi connectivity index (χ3n) is 4.85. The number of hydrogen-bond donors (Lipinski definition) is 0. The Labute approximate surface area is 178 Å². The van der Waals surface area contributed by atoms with Gasteiger partial charge in [-0.2, -0.15) is 0 Å². The van der Waals surface area contributed by atoms with Crippen LogP contribution in [0.3, 0.4) is 0 Å². The SMILES string of the molecule is CC(C)(C)OC(=O)N1CCC(Oc2ccc(-c3cccc(S(C)(=O)=O)c3)cc2)CC1. The summed E-state index contributed by atoms with van der Waals surface area (Å²) < 4.78 is 35.0. The molecule has 2 aromatic carbocycles. The quantitative estimate of drug-likeness (QED) is 0.711. The molecule has 0 unspecified atom stereocenters. The van der Waals surface area contributed by atoms with E-state index in [9.17, 15) is 13.2 Å². The second-order valence-electron chi connectivity index (χ2n) is 8.61. The van der Waals surface area contributed by atoms with E-state index in [0.29, 0.717) is 18.0 Å². The maximum absolute atomic E-state index is 12.2. The van der Waals surface area contributed by atoms with Gasteiger partial charge in [-0.3, -0.25) is 0 Å². The molecule has 30 heavy (non-hydrogen) atoms. The normalized spacial score (nSPS) is 15.7. The summed E-state index contributed by atoms with van der Waals surface area (Å²) in [6, 6.07) is 14.5. The van der Waals surface area contributed by atoms with Crippen molar-refractivity contribution in [2.24, 2.45) is 0 Å². The van der Waals surface area contributed by atoms with Gasteiger partial charge in [-0.1, -0.05) is 24.3 Å². The van der Waals surface area contributed by atoms with Crippen LogP contribution in [-0.4, -0.2) is 50.5 Å². The first-order valence-electron chi connectivity index (χ1n) is 10.1. The number of hydrogen-bond acceptors (Lipinski definition) is 5. The molecular weight excluding hydrogens is 402 g/mol. The van der Waals surface area contributed by atoms with Crippen LogP contribution in [-0.2, 0) is 14.6 Å². The molecule has 0 bridgehead atoms. The monoisotopic (exact) mass is 431 g/mol. The summed E-state index contributed by atoms with van der Waals surface area (Å²) >= 11 is 0. The zero-order chi connectivity index (χ0) is 21.9. The van der Waals surface area contributed by atoms with E-state index < -0.39 is 15.4 Å². The molecule has 1 aliphatic rings. The van der Waals surface area contributed by atoms with Crippen molar-refractivity contribution in [3.63, 3.8) is 0 Å².